The van der Waals surface area contributed by atoms with Gasteiger partial charge in [0.25, 0.3) is 5.91 Å². The number of piperidine rings is 1. The molecule has 2 aromatic carbocycles. The van der Waals surface area contributed by atoms with E-state index in [1.54, 1.807) is 18.2 Å². The molecular formula is C20H25N3O5S2. The van der Waals surface area contributed by atoms with Crippen LogP contribution in [0.1, 0.15) is 35.7 Å². The minimum Gasteiger partial charge on any atom is -0.322 e. The Morgan fingerprint density at radius 3 is 2.30 bits per heavy atom. The van der Waals surface area contributed by atoms with Crippen LogP contribution in [-0.4, -0.2) is 40.1 Å². The lowest BCUT2D eigenvalue weighted by Gasteiger charge is -2.29. The maximum atomic E-state index is 12.8. The van der Waals surface area contributed by atoms with Crippen LogP contribution in [0.4, 0.5) is 5.69 Å². The van der Waals surface area contributed by atoms with Gasteiger partial charge < -0.3 is 5.32 Å². The van der Waals surface area contributed by atoms with Crippen molar-refractivity contribution in [3.05, 3.63) is 59.7 Å². The summed E-state index contributed by atoms with van der Waals surface area (Å²) in [6.45, 7) is 3.11. The lowest BCUT2D eigenvalue weighted by atomic mass is 10.0. The molecule has 1 amide bonds. The molecule has 2 aromatic rings. The third-order valence-electron chi connectivity index (χ3n) is 5.05. The fourth-order valence-corrected chi connectivity index (χ4v) is 5.44. The molecule has 8 nitrogen and oxygen atoms in total. The molecular weight excluding hydrogens is 426 g/mol. The Bertz CT molecular complexity index is 1120. The van der Waals surface area contributed by atoms with Crippen molar-refractivity contribution in [2.75, 3.05) is 18.4 Å². The number of hydrogen-bond acceptors (Lipinski definition) is 5. The largest absolute Gasteiger partial charge is 0.322 e. The number of benzene rings is 2. The van der Waals surface area contributed by atoms with Gasteiger partial charge >= 0.3 is 0 Å². The summed E-state index contributed by atoms with van der Waals surface area (Å²) in [4.78, 5) is 12.7. The van der Waals surface area contributed by atoms with Crippen LogP contribution in [0.5, 0.6) is 0 Å². The average Bonchev–Trinajstić information content (AvgIpc) is 2.67. The topological polar surface area (TPSA) is 127 Å². The van der Waals surface area contributed by atoms with Crippen molar-refractivity contribution >= 4 is 31.6 Å². The first-order valence-electron chi connectivity index (χ1n) is 9.55. The Morgan fingerprint density at radius 1 is 1.07 bits per heavy atom. The van der Waals surface area contributed by atoms with E-state index in [4.69, 9.17) is 5.14 Å². The van der Waals surface area contributed by atoms with Crippen LogP contribution < -0.4 is 10.5 Å². The molecule has 10 heteroatoms. The minimum absolute atomic E-state index is 0.156. The first kappa shape index (κ1) is 22.4. The quantitative estimate of drug-likeness (QED) is 0.696. The normalized spacial score (nSPS) is 16.3. The van der Waals surface area contributed by atoms with Crippen LogP contribution in [0.2, 0.25) is 0 Å². The molecule has 0 atom stereocenters. The number of anilines is 1. The highest BCUT2D eigenvalue weighted by Crippen LogP contribution is 2.24. The second-order valence-corrected chi connectivity index (χ2v) is 11.1. The van der Waals surface area contributed by atoms with Gasteiger partial charge in [0.2, 0.25) is 20.0 Å². The first-order valence-corrected chi connectivity index (χ1v) is 12.7. The molecule has 1 saturated heterocycles. The Labute approximate surface area is 177 Å². The highest BCUT2D eigenvalue weighted by Gasteiger charge is 2.28. The molecule has 3 rings (SSSR count). The van der Waals surface area contributed by atoms with Gasteiger partial charge in [-0.1, -0.05) is 19.1 Å². The number of hydrogen-bond donors (Lipinski definition) is 2. The van der Waals surface area contributed by atoms with Crippen molar-refractivity contribution in [1.29, 1.82) is 0 Å². The summed E-state index contributed by atoms with van der Waals surface area (Å²) in [5, 5.41) is 7.73. The molecule has 0 saturated carbocycles. The molecule has 1 fully saturated rings. The summed E-state index contributed by atoms with van der Waals surface area (Å²) in [5.74, 6) is -0.247. The number of nitrogens with two attached hydrogens (primary N) is 1. The molecule has 30 heavy (non-hydrogen) atoms. The summed E-state index contributed by atoms with van der Waals surface area (Å²) >= 11 is 0. The van der Waals surface area contributed by atoms with E-state index in [-0.39, 0.29) is 16.2 Å². The lowest BCUT2D eigenvalue weighted by molar-refractivity contribution is 0.102. The van der Waals surface area contributed by atoms with Crippen LogP contribution in [-0.2, 0) is 25.8 Å². The van der Waals surface area contributed by atoms with Gasteiger partial charge in [-0.05, 0) is 60.7 Å². The van der Waals surface area contributed by atoms with E-state index in [1.807, 2.05) is 0 Å². The first-order chi connectivity index (χ1) is 14.0. The Hall–Kier alpha value is -2.27. The number of amides is 1. The second-order valence-electron chi connectivity index (χ2n) is 7.57. The Kier molecular flexibility index (Phi) is 6.61. The molecule has 0 radical (unpaired) electrons. The SMILES string of the molecule is CC1CCN(S(=O)(=O)c2ccc(C(=O)Nc3cccc(CS(N)(=O)=O)c3)cc2)CC1. The molecule has 0 bridgehead atoms. The van der Waals surface area contributed by atoms with Crippen molar-refractivity contribution < 1.29 is 21.6 Å². The molecule has 162 valence electrons. The van der Waals surface area contributed by atoms with E-state index in [1.165, 1.54) is 34.6 Å². The average molecular weight is 452 g/mol. The number of primary sulfonamides is 1. The molecule has 0 spiro atoms. The number of carbonyl (C=O) groups excluding carboxylic acids is 1. The van der Waals surface area contributed by atoms with E-state index in [9.17, 15) is 21.6 Å². The predicted octanol–water partition coefficient (Wildman–Crippen LogP) is 2.15. The predicted molar refractivity (Wildman–Crippen MR) is 115 cm³/mol. The van der Waals surface area contributed by atoms with Crippen LogP contribution in [0.15, 0.2) is 53.4 Å². The van der Waals surface area contributed by atoms with E-state index in [2.05, 4.69) is 12.2 Å². The van der Waals surface area contributed by atoms with Gasteiger partial charge in [0.15, 0.2) is 0 Å². The van der Waals surface area contributed by atoms with Gasteiger partial charge in [-0.15, -0.1) is 0 Å². The maximum Gasteiger partial charge on any atom is 0.255 e. The maximum absolute atomic E-state index is 12.8. The summed E-state index contributed by atoms with van der Waals surface area (Å²) in [6, 6.07) is 12.1. The van der Waals surface area contributed by atoms with Gasteiger partial charge in [0.1, 0.15) is 0 Å². The zero-order valence-electron chi connectivity index (χ0n) is 16.6. The zero-order chi connectivity index (χ0) is 21.9. The fraction of sp³-hybridized carbons (Fsp3) is 0.350. The van der Waals surface area contributed by atoms with Crippen molar-refractivity contribution in [2.24, 2.45) is 11.1 Å². The summed E-state index contributed by atoms with van der Waals surface area (Å²) in [5.41, 5.74) is 1.16. The smallest absolute Gasteiger partial charge is 0.255 e. The number of sulfonamides is 2. The van der Waals surface area contributed by atoms with Crippen molar-refractivity contribution in [3.8, 4) is 0 Å². The number of carbonyl (C=O) groups is 1. The van der Waals surface area contributed by atoms with Crippen LogP contribution in [0.25, 0.3) is 0 Å². The number of nitrogens with zero attached hydrogens (tertiary/aromatic N) is 1. The summed E-state index contributed by atoms with van der Waals surface area (Å²) in [7, 11) is -7.26. The highest BCUT2D eigenvalue weighted by atomic mass is 32.2. The van der Waals surface area contributed by atoms with E-state index < -0.39 is 26.0 Å². The fourth-order valence-electron chi connectivity index (χ4n) is 3.33. The molecule has 0 unspecified atom stereocenters. The van der Waals surface area contributed by atoms with Crippen LogP contribution >= 0.6 is 0 Å². The standard InChI is InChI=1S/C20H25N3O5S2/c1-15-9-11-23(12-10-15)30(27,28)19-7-5-17(6-8-19)20(24)22-18-4-2-3-16(13-18)14-29(21,25)26/h2-8,13,15H,9-12,14H2,1H3,(H,22,24)(H2,21,25,26). The van der Waals surface area contributed by atoms with E-state index >= 15 is 0 Å². The van der Waals surface area contributed by atoms with E-state index in [0.717, 1.165) is 12.8 Å². The van der Waals surface area contributed by atoms with Crippen molar-refractivity contribution in [1.82, 2.24) is 4.31 Å². The van der Waals surface area contributed by atoms with Gasteiger partial charge in [0, 0.05) is 24.3 Å². The van der Waals surface area contributed by atoms with Gasteiger partial charge in [0.05, 0.1) is 10.6 Å². The molecule has 3 N–H and O–H groups in total. The summed E-state index contributed by atoms with van der Waals surface area (Å²) in [6.07, 6.45) is 1.68. The number of rotatable bonds is 6. The third-order valence-corrected chi connectivity index (χ3v) is 7.70. The van der Waals surface area contributed by atoms with Gasteiger partial charge in [-0.25, -0.2) is 22.0 Å². The Morgan fingerprint density at radius 2 is 1.70 bits per heavy atom. The molecule has 1 aliphatic heterocycles. The van der Waals surface area contributed by atoms with Crippen molar-refractivity contribution in [2.45, 2.75) is 30.4 Å². The zero-order valence-corrected chi connectivity index (χ0v) is 18.2. The lowest BCUT2D eigenvalue weighted by Crippen LogP contribution is -2.37. The summed E-state index contributed by atoms with van der Waals surface area (Å²) < 4.78 is 49.5. The third kappa shape index (κ3) is 5.66. The monoisotopic (exact) mass is 451 g/mol. The van der Waals surface area contributed by atoms with Crippen LogP contribution in [0.3, 0.4) is 0 Å². The molecule has 1 heterocycles. The minimum atomic E-state index is -3.68. The molecule has 1 aliphatic rings. The molecule has 0 aromatic heterocycles. The highest BCUT2D eigenvalue weighted by molar-refractivity contribution is 7.89. The van der Waals surface area contributed by atoms with Crippen LogP contribution in [0, 0.1) is 5.92 Å². The van der Waals surface area contributed by atoms with Crippen molar-refractivity contribution in [3.63, 3.8) is 0 Å². The van der Waals surface area contributed by atoms with E-state index in [0.29, 0.717) is 30.3 Å². The van der Waals surface area contributed by atoms with Gasteiger partial charge in [-0.2, -0.15) is 4.31 Å². The van der Waals surface area contributed by atoms with Gasteiger partial charge in [-0.3, -0.25) is 4.79 Å². The second kappa shape index (κ2) is 8.84. The number of nitrogens with one attached hydrogen (secondary N) is 1. The molecule has 0 aliphatic carbocycles. The Balaban J connectivity index is 1.70.